The van der Waals surface area contributed by atoms with Crippen molar-refractivity contribution < 1.29 is 9.59 Å². The van der Waals surface area contributed by atoms with Crippen LogP contribution in [0.1, 0.15) is 38.6 Å². The molecule has 9 heteroatoms. The van der Waals surface area contributed by atoms with E-state index >= 15 is 0 Å². The molecule has 2 heterocycles. The molecule has 3 N–H and O–H groups in total. The highest BCUT2D eigenvalue weighted by Crippen LogP contribution is 2.22. The van der Waals surface area contributed by atoms with Gasteiger partial charge in [0, 0.05) is 13.1 Å². The quantitative estimate of drug-likeness (QED) is 0.386. The van der Waals surface area contributed by atoms with Crippen molar-refractivity contribution in [2.24, 2.45) is 0 Å². The third kappa shape index (κ3) is 7.87. The zero-order chi connectivity index (χ0) is 18.8. The van der Waals surface area contributed by atoms with Crippen LogP contribution in [0.25, 0.3) is 0 Å². The lowest BCUT2D eigenvalue weighted by Crippen LogP contribution is -2.27. The second-order valence-electron chi connectivity index (χ2n) is 5.53. The fourth-order valence-corrected chi connectivity index (χ4v) is 4.77. The van der Waals surface area contributed by atoms with Crippen LogP contribution < -0.4 is 16.0 Å². The van der Waals surface area contributed by atoms with E-state index in [2.05, 4.69) is 47.8 Å². The van der Waals surface area contributed by atoms with Crippen LogP contribution in [0.4, 0.5) is 0 Å². The minimum Gasteiger partial charge on any atom is -0.351 e. The van der Waals surface area contributed by atoms with Gasteiger partial charge in [0.2, 0.25) is 0 Å². The second-order valence-corrected chi connectivity index (χ2v) is 10.5. The average Bonchev–Trinajstić information content (AvgIpc) is 3.24. The van der Waals surface area contributed by atoms with Crippen molar-refractivity contribution in [3.8, 4) is 0 Å². The predicted octanol–water partition coefficient (Wildman–Crippen LogP) is 4.25. The molecular formula is C17H21Br2N3O2S2. The molecular weight excluding hydrogens is 502 g/mol. The van der Waals surface area contributed by atoms with E-state index in [1.165, 1.54) is 22.7 Å². The summed E-state index contributed by atoms with van der Waals surface area (Å²) in [5, 5.41) is 9.19. The summed E-state index contributed by atoms with van der Waals surface area (Å²) in [7, 11) is 0. The van der Waals surface area contributed by atoms with Crippen molar-refractivity contribution in [2.75, 3.05) is 26.2 Å². The summed E-state index contributed by atoms with van der Waals surface area (Å²) in [6.45, 7) is 3.12. The first-order valence-electron chi connectivity index (χ1n) is 8.34. The number of amides is 2. The molecule has 0 saturated heterocycles. The summed E-state index contributed by atoms with van der Waals surface area (Å²) in [6, 6.07) is 7.40. The topological polar surface area (TPSA) is 70.2 Å². The summed E-state index contributed by atoms with van der Waals surface area (Å²) in [5.74, 6) is -0.0311. The molecule has 142 valence electrons. The van der Waals surface area contributed by atoms with Crippen molar-refractivity contribution in [3.63, 3.8) is 0 Å². The minimum atomic E-state index is -0.0192. The third-order valence-corrected chi connectivity index (χ3v) is 6.72. The Morgan fingerprint density at radius 1 is 0.731 bits per heavy atom. The molecule has 0 spiro atoms. The van der Waals surface area contributed by atoms with E-state index < -0.39 is 0 Å². The Bertz CT molecular complexity index is 658. The van der Waals surface area contributed by atoms with Crippen molar-refractivity contribution >= 4 is 66.3 Å². The Balaban J connectivity index is 1.41. The van der Waals surface area contributed by atoms with Crippen molar-refractivity contribution in [2.45, 2.75) is 19.3 Å². The fraction of sp³-hybridized carbons (Fsp3) is 0.412. The molecule has 2 rings (SSSR count). The lowest BCUT2D eigenvalue weighted by molar-refractivity contribution is 0.0948. The van der Waals surface area contributed by atoms with Crippen LogP contribution in [0, 0.1) is 0 Å². The highest BCUT2D eigenvalue weighted by Gasteiger charge is 2.08. The number of unbranched alkanes of at least 4 members (excludes halogenated alkanes) is 1. The van der Waals surface area contributed by atoms with Gasteiger partial charge in [0.25, 0.3) is 11.8 Å². The normalized spacial score (nSPS) is 10.7. The van der Waals surface area contributed by atoms with Crippen molar-refractivity contribution in [3.05, 3.63) is 41.6 Å². The van der Waals surface area contributed by atoms with E-state index in [9.17, 15) is 9.59 Å². The van der Waals surface area contributed by atoms with Crippen LogP contribution in [-0.2, 0) is 0 Å². The molecule has 26 heavy (non-hydrogen) atoms. The van der Waals surface area contributed by atoms with Crippen LogP contribution >= 0.6 is 54.5 Å². The van der Waals surface area contributed by atoms with Gasteiger partial charge in [-0.1, -0.05) is 0 Å². The van der Waals surface area contributed by atoms with Gasteiger partial charge in [-0.2, -0.15) is 0 Å². The summed E-state index contributed by atoms with van der Waals surface area (Å²) >= 11 is 9.58. The average molecular weight is 523 g/mol. The molecule has 0 radical (unpaired) electrons. The second kappa shape index (κ2) is 11.9. The Morgan fingerprint density at radius 2 is 1.19 bits per heavy atom. The van der Waals surface area contributed by atoms with Gasteiger partial charge in [-0.05, 0) is 88.5 Å². The molecule has 0 saturated carbocycles. The molecule has 0 unspecified atom stereocenters. The zero-order valence-corrected chi connectivity index (χ0v) is 19.0. The Labute approximate surface area is 178 Å². The van der Waals surface area contributed by atoms with Crippen LogP contribution in [0.15, 0.2) is 31.8 Å². The number of rotatable bonds is 11. The fourth-order valence-electron chi connectivity index (χ4n) is 2.16. The predicted molar refractivity (Wildman–Crippen MR) is 115 cm³/mol. The first-order valence-corrected chi connectivity index (χ1v) is 11.6. The van der Waals surface area contributed by atoms with E-state index in [0.717, 1.165) is 49.7 Å². The smallest absolute Gasteiger partial charge is 0.261 e. The molecule has 0 fully saturated rings. The van der Waals surface area contributed by atoms with Crippen molar-refractivity contribution in [1.29, 1.82) is 0 Å². The van der Waals surface area contributed by atoms with Gasteiger partial charge >= 0.3 is 0 Å². The maximum Gasteiger partial charge on any atom is 0.261 e. The number of hydrogen-bond acceptors (Lipinski definition) is 5. The molecule has 2 aromatic heterocycles. The van der Waals surface area contributed by atoms with E-state index in [0.29, 0.717) is 13.1 Å². The van der Waals surface area contributed by atoms with Gasteiger partial charge in [0.15, 0.2) is 0 Å². The third-order valence-electron chi connectivity index (χ3n) is 3.48. The molecule has 2 aromatic rings. The first-order chi connectivity index (χ1) is 12.6. The molecule has 0 aliphatic carbocycles. The molecule has 0 atom stereocenters. The van der Waals surface area contributed by atoms with E-state index in [4.69, 9.17) is 0 Å². The molecule has 0 aliphatic rings. The number of thiophene rings is 2. The van der Waals surface area contributed by atoms with Gasteiger partial charge in [-0.3, -0.25) is 9.59 Å². The summed E-state index contributed by atoms with van der Waals surface area (Å²) in [4.78, 5) is 25.1. The van der Waals surface area contributed by atoms with E-state index in [-0.39, 0.29) is 11.8 Å². The first kappa shape index (κ1) is 21.6. The largest absolute Gasteiger partial charge is 0.351 e. The molecule has 2 amide bonds. The van der Waals surface area contributed by atoms with E-state index in [1.54, 1.807) is 0 Å². The summed E-state index contributed by atoms with van der Waals surface area (Å²) in [6.07, 6.45) is 2.83. The molecule has 0 bridgehead atoms. The van der Waals surface area contributed by atoms with Gasteiger partial charge in [0.1, 0.15) is 0 Å². The highest BCUT2D eigenvalue weighted by molar-refractivity contribution is 9.11. The highest BCUT2D eigenvalue weighted by atomic mass is 79.9. The van der Waals surface area contributed by atoms with Gasteiger partial charge in [0.05, 0.1) is 17.3 Å². The Morgan fingerprint density at radius 3 is 1.69 bits per heavy atom. The zero-order valence-electron chi connectivity index (χ0n) is 14.1. The van der Waals surface area contributed by atoms with Gasteiger partial charge < -0.3 is 16.0 Å². The van der Waals surface area contributed by atoms with Crippen LogP contribution in [0.3, 0.4) is 0 Å². The van der Waals surface area contributed by atoms with Gasteiger partial charge in [-0.15, -0.1) is 22.7 Å². The maximum absolute atomic E-state index is 11.9. The Kier molecular flexibility index (Phi) is 9.84. The number of nitrogens with one attached hydrogen (secondary N) is 3. The Hall–Kier alpha value is -0.740. The number of carbonyl (C=O) groups is 2. The number of carbonyl (C=O) groups excluding carboxylic acids is 2. The summed E-state index contributed by atoms with van der Waals surface area (Å²) < 4.78 is 1.93. The number of halogens is 2. The molecule has 0 aliphatic heterocycles. The van der Waals surface area contributed by atoms with Crippen LogP contribution in [0.5, 0.6) is 0 Å². The van der Waals surface area contributed by atoms with Crippen LogP contribution in [0.2, 0.25) is 0 Å². The molecule has 5 nitrogen and oxygen atoms in total. The summed E-state index contributed by atoms with van der Waals surface area (Å²) in [5.41, 5.74) is 0. The van der Waals surface area contributed by atoms with E-state index in [1.807, 2.05) is 24.3 Å². The maximum atomic E-state index is 11.9. The standard InChI is InChI=1S/C17H21Br2N3O2S2/c18-14-6-4-12(25-14)16(23)21-10-2-1-8-20-9-3-11-22-17(24)13-5-7-15(19)26-13/h4-7,20H,1-3,8-11H2,(H,21,23)(H,22,24). The molecule has 0 aromatic carbocycles. The lowest BCUT2D eigenvalue weighted by atomic mass is 10.3. The minimum absolute atomic E-state index is 0.0119. The van der Waals surface area contributed by atoms with Crippen molar-refractivity contribution in [1.82, 2.24) is 16.0 Å². The van der Waals surface area contributed by atoms with Gasteiger partial charge in [-0.25, -0.2) is 0 Å². The van der Waals surface area contributed by atoms with Crippen LogP contribution in [-0.4, -0.2) is 38.0 Å². The lowest BCUT2D eigenvalue weighted by Gasteiger charge is -2.06. The monoisotopic (exact) mass is 521 g/mol. The number of hydrogen-bond donors (Lipinski definition) is 3. The SMILES string of the molecule is O=C(NCCCCNCCCNC(=O)c1ccc(Br)s1)c1ccc(Br)s1.